The Morgan fingerprint density at radius 1 is 0.909 bits per heavy atom. The SMILES string of the molecule is OC[C@H]1OC(O[C@H]2[C@H]3OC[C@@H]2O[C@@H](O)[C@H]3O)[C@H](O)[C@@H](O)[C@H]1O. The maximum atomic E-state index is 9.93. The Morgan fingerprint density at radius 2 is 1.64 bits per heavy atom. The van der Waals surface area contributed by atoms with E-state index in [1.54, 1.807) is 0 Å². The van der Waals surface area contributed by atoms with Crippen LogP contribution in [-0.2, 0) is 18.9 Å². The number of aliphatic hydroxyl groups excluding tert-OH is 6. The van der Waals surface area contributed by atoms with Crippen LogP contribution in [0.15, 0.2) is 0 Å². The van der Waals surface area contributed by atoms with Gasteiger partial charge < -0.3 is 49.6 Å². The molecule has 0 amide bonds. The van der Waals surface area contributed by atoms with Gasteiger partial charge in [-0.05, 0) is 0 Å². The Balaban J connectivity index is 1.70. The highest BCUT2D eigenvalue weighted by atomic mass is 16.7. The minimum atomic E-state index is -1.56. The Bertz CT molecular complexity index is 392. The van der Waals surface area contributed by atoms with Gasteiger partial charge in [0, 0.05) is 0 Å². The molecule has 128 valence electrons. The molecule has 3 heterocycles. The van der Waals surface area contributed by atoms with Crippen LogP contribution in [0.3, 0.4) is 0 Å². The van der Waals surface area contributed by atoms with Gasteiger partial charge in [-0.2, -0.15) is 0 Å². The zero-order valence-electron chi connectivity index (χ0n) is 11.5. The molecular weight excluding hydrogens is 304 g/mol. The molecule has 1 unspecified atom stereocenters. The Labute approximate surface area is 125 Å². The molecule has 0 spiro atoms. The molecule has 0 aromatic carbocycles. The van der Waals surface area contributed by atoms with Gasteiger partial charge in [-0.25, -0.2) is 0 Å². The van der Waals surface area contributed by atoms with E-state index in [1.807, 2.05) is 0 Å². The molecule has 3 aliphatic heterocycles. The molecule has 3 rings (SSSR count). The molecule has 0 aromatic rings. The first-order valence-electron chi connectivity index (χ1n) is 7.03. The van der Waals surface area contributed by atoms with Crippen molar-refractivity contribution in [3.8, 4) is 0 Å². The van der Waals surface area contributed by atoms with E-state index in [2.05, 4.69) is 0 Å². The van der Waals surface area contributed by atoms with Crippen molar-refractivity contribution >= 4 is 0 Å². The second kappa shape index (κ2) is 6.24. The highest BCUT2D eigenvalue weighted by Gasteiger charge is 2.54. The fourth-order valence-corrected chi connectivity index (χ4v) is 2.94. The summed E-state index contributed by atoms with van der Waals surface area (Å²) >= 11 is 0. The van der Waals surface area contributed by atoms with Crippen LogP contribution in [0, 0.1) is 0 Å². The van der Waals surface area contributed by atoms with Gasteiger partial charge in [0.15, 0.2) is 12.6 Å². The first-order chi connectivity index (χ1) is 10.4. The van der Waals surface area contributed by atoms with Crippen molar-refractivity contribution < 1.29 is 49.6 Å². The summed E-state index contributed by atoms with van der Waals surface area (Å²) in [5, 5.41) is 57.8. The summed E-state index contributed by atoms with van der Waals surface area (Å²) < 4.78 is 21.2. The van der Waals surface area contributed by atoms with Gasteiger partial charge in [0.2, 0.25) is 0 Å². The molecule has 10 nitrogen and oxygen atoms in total. The number of fused-ring (bicyclic) bond motifs is 2. The van der Waals surface area contributed by atoms with Crippen LogP contribution < -0.4 is 0 Å². The molecule has 3 aliphatic rings. The van der Waals surface area contributed by atoms with Gasteiger partial charge >= 0.3 is 0 Å². The molecule has 0 saturated carbocycles. The van der Waals surface area contributed by atoms with Crippen molar-refractivity contribution in [2.75, 3.05) is 13.2 Å². The first kappa shape index (κ1) is 16.5. The Hall–Kier alpha value is -0.400. The van der Waals surface area contributed by atoms with Crippen molar-refractivity contribution in [1.29, 1.82) is 0 Å². The predicted molar refractivity (Wildman–Crippen MR) is 65.3 cm³/mol. The quantitative estimate of drug-likeness (QED) is 0.299. The highest BCUT2D eigenvalue weighted by Crippen LogP contribution is 2.33. The molecule has 3 saturated heterocycles. The third-order valence-electron chi connectivity index (χ3n) is 4.23. The van der Waals surface area contributed by atoms with Crippen LogP contribution >= 0.6 is 0 Å². The summed E-state index contributed by atoms with van der Waals surface area (Å²) in [6.07, 6.45) is -12.1. The van der Waals surface area contributed by atoms with Crippen molar-refractivity contribution in [3.05, 3.63) is 0 Å². The van der Waals surface area contributed by atoms with Crippen LogP contribution in [0.25, 0.3) is 0 Å². The number of rotatable bonds is 3. The molecule has 0 radical (unpaired) electrons. The number of hydrogen-bond acceptors (Lipinski definition) is 10. The molecular formula is C12H20O10. The average Bonchev–Trinajstić information content (AvgIpc) is 2.82. The van der Waals surface area contributed by atoms with Crippen molar-refractivity contribution in [1.82, 2.24) is 0 Å². The fraction of sp³-hybridized carbons (Fsp3) is 1.00. The molecule has 6 N–H and O–H groups in total. The standard InChI is InChI=1S/C12H20O10/c13-1-3-5(14)6(15)7(16)12(21-3)22-9-4-2-19-10(9)8(17)11(18)20-4/h3-18H,1-2H2/t3-,4+,5+,6+,7-,8+,9-,10+,11-,12?/m1/s1. The van der Waals surface area contributed by atoms with Crippen LogP contribution in [0.1, 0.15) is 0 Å². The van der Waals surface area contributed by atoms with E-state index in [9.17, 15) is 25.5 Å². The summed E-state index contributed by atoms with van der Waals surface area (Å²) in [5.41, 5.74) is 0. The summed E-state index contributed by atoms with van der Waals surface area (Å²) in [5.74, 6) is 0. The lowest BCUT2D eigenvalue weighted by Crippen LogP contribution is -2.62. The molecule has 2 bridgehead atoms. The predicted octanol–water partition coefficient (Wildman–Crippen LogP) is -4.35. The third kappa shape index (κ3) is 2.65. The Kier molecular flexibility index (Phi) is 4.67. The zero-order valence-corrected chi connectivity index (χ0v) is 11.5. The van der Waals surface area contributed by atoms with Crippen LogP contribution in [-0.4, -0.2) is 105 Å². The van der Waals surface area contributed by atoms with Gasteiger partial charge in [0.1, 0.15) is 48.8 Å². The van der Waals surface area contributed by atoms with E-state index in [4.69, 9.17) is 24.1 Å². The van der Waals surface area contributed by atoms with Gasteiger partial charge in [-0.15, -0.1) is 0 Å². The lowest BCUT2D eigenvalue weighted by atomic mass is 9.98. The van der Waals surface area contributed by atoms with E-state index < -0.39 is 68.0 Å². The number of aliphatic hydroxyl groups is 6. The smallest absolute Gasteiger partial charge is 0.187 e. The van der Waals surface area contributed by atoms with Crippen molar-refractivity contribution in [3.63, 3.8) is 0 Å². The van der Waals surface area contributed by atoms with Gasteiger partial charge in [0.05, 0.1) is 13.2 Å². The minimum absolute atomic E-state index is 0.0842. The van der Waals surface area contributed by atoms with E-state index in [0.29, 0.717) is 0 Å². The van der Waals surface area contributed by atoms with E-state index in [-0.39, 0.29) is 6.61 Å². The molecule has 10 atom stereocenters. The van der Waals surface area contributed by atoms with E-state index in [0.717, 1.165) is 0 Å². The van der Waals surface area contributed by atoms with Crippen LogP contribution in [0.5, 0.6) is 0 Å². The lowest BCUT2D eigenvalue weighted by Gasteiger charge is -2.43. The van der Waals surface area contributed by atoms with E-state index in [1.165, 1.54) is 0 Å². The highest BCUT2D eigenvalue weighted by molar-refractivity contribution is 4.97. The molecule has 3 fully saturated rings. The summed E-state index contributed by atoms with van der Waals surface area (Å²) in [6.45, 7) is -0.489. The van der Waals surface area contributed by atoms with Crippen molar-refractivity contribution in [2.45, 2.75) is 61.4 Å². The topological polar surface area (TPSA) is 158 Å². The molecule has 22 heavy (non-hydrogen) atoms. The largest absolute Gasteiger partial charge is 0.394 e. The minimum Gasteiger partial charge on any atom is -0.394 e. The van der Waals surface area contributed by atoms with Crippen LogP contribution in [0.4, 0.5) is 0 Å². The second-order valence-corrected chi connectivity index (χ2v) is 5.65. The van der Waals surface area contributed by atoms with Gasteiger partial charge in [-0.3, -0.25) is 0 Å². The lowest BCUT2D eigenvalue weighted by molar-refractivity contribution is -0.336. The number of ether oxygens (including phenoxy) is 4. The molecule has 0 aliphatic carbocycles. The van der Waals surface area contributed by atoms with Gasteiger partial charge in [0.25, 0.3) is 0 Å². The fourth-order valence-electron chi connectivity index (χ4n) is 2.94. The number of hydrogen-bond donors (Lipinski definition) is 6. The van der Waals surface area contributed by atoms with Crippen molar-refractivity contribution in [2.24, 2.45) is 0 Å². The summed E-state index contributed by atoms with van der Waals surface area (Å²) in [6, 6.07) is 0. The maximum Gasteiger partial charge on any atom is 0.187 e. The van der Waals surface area contributed by atoms with Gasteiger partial charge in [-0.1, -0.05) is 0 Å². The molecule has 0 aromatic heterocycles. The molecule has 10 heteroatoms. The maximum absolute atomic E-state index is 9.93. The normalized spacial score (nSPS) is 55.4. The van der Waals surface area contributed by atoms with E-state index >= 15 is 0 Å². The summed E-state index contributed by atoms with van der Waals surface area (Å²) in [4.78, 5) is 0. The summed E-state index contributed by atoms with van der Waals surface area (Å²) in [7, 11) is 0. The first-order valence-corrected chi connectivity index (χ1v) is 7.03. The monoisotopic (exact) mass is 324 g/mol. The third-order valence-corrected chi connectivity index (χ3v) is 4.23. The van der Waals surface area contributed by atoms with Crippen LogP contribution in [0.2, 0.25) is 0 Å². The average molecular weight is 324 g/mol. The Morgan fingerprint density at radius 3 is 2.32 bits per heavy atom. The zero-order chi connectivity index (χ0) is 16.0. The second-order valence-electron chi connectivity index (χ2n) is 5.65.